The lowest BCUT2D eigenvalue weighted by Gasteiger charge is -2.31. The predicted molar refractivity (Wildman–Crippen MR) is 121 cm³/mol. The molecule has 0 amide bonds. The Hall–Kier alpha value is -2.09. The molecule has 3 aromatic heterocycles. The van der Waals surface area contributed by atoms with Gasteiger partial charge in [-0.3, -0.25) is 0 Å². The van der Waals surface area contributed by atoms with Crippen molar-refractivity contribution in [2.45, 2.75) is 58.5 Å². The van der Waals surface area contributed by atoms with Crippen LogP contribution in [0.3, 0.4) is 0 Å². The zero-order chi connectivity index (χ0) is 20.3. The highest BCUT2D eigenvalue weighted by Gasteiger charge is 2.27. The van der Waals surface area contributed by atoms with Crippen LogP contribution in [0.5, 0.6) is 0 Å². The Morgan fingerprint density at radius 3 is 2.50 bits per heavy atom. The minimum Gasteiger partial charge on any atom is -0.423 e. The quantitative estimate of drug-likeness (QED) is 0.414. The summed E-state index contributed by atoms with van der Waals surface area (Å²) in [5, 5.41) is 4.59. The lowest BCUT2D eigenvalue weighted by molar-refractivity contribution is 0.316. The van der Waals surface area contributed by atoms with Crippen molar-refractivity contribution in [2.75, 3.05) is 0 Å². The number of hydrogen-bond acceptors (Lipinski definition) is 6. The van der Waals surface area contributed by atoms with Crippen LogP contribution in [0, 0.1) is 19.7 Å². The van der Waals surface area contributed by atoms with Crippen molar-refractivity contribution in [1.29, 1.82) is 0 Å². The van der Waals surface area contributed by atoms with E-state index in [9.17, 15) is 4.39 Å². The molecule has 0 aliphatic carbocycles. The zero-order valence-electron chi connectivity index (χ0n) is 17.3. The first-order chi connectivity index (χ1) is 13.9. The van der Waals surface area contributed by atoms with Gasteiger partial charge in [-0.25, -0.2) is 19.3 Å². The second-order valence-corrected chi connectivity index (χ2v) is 9.27. The van der Waals surface area contributed by atoms with Crippen LogP contribution >= 0.6 is 23.7 Å². The van der Waals surface area contributed by atoms with Crippen LogP contribution < -0.4 is 5.32 Å². The third-order valence-electron chi connectivity index (χ3n) is 5.62. The zero-order valence-corrected chi connectivity index (χ0v) is 19.0. The summed E-state index contributed by atoms with van der Waals surface area (Å²) in [6.07, 6.45) is 2.06. The summed E-state index contributed by atoms with van der Waals surface area (Å²) in [5.74, 6) is 0.644. The Balaban J connectivity index is 0.00000218. The van der Waals surface area contributed by atoms with Gasteiger partial charge in [0.25, 0.3) is 0 Å². The van der Waals surface area contributed by atoms with Crippen molar-refractivity contribution in [3.05, 3.63) is 40.5 Å². The maximum absolute atomic E-state index is 15.0. The Morgan fingerprint density at radius 2 is 1.77 bits per heavy atom. The van der Waals surface area contributed by atoms with E-state index in [0.29, 0.717) is 40.8 Å². The lowest BCUT2D eigenvalue weighted by Crippen LogP contribution is -2.41. The van der Waals surface area contributed by atoms with Gasteiger partial charge in [0.05, 0.1) is 15.4 Å². The Labute approximate surface area is 184 Å². The summed E-state index contributed by atoms with van der Waals surface area (Å²) in [6, 6.07) is 6.34. The summed E-state index contributed by atoms with van der Waals surface area (Å²) in [4.78, 5) is 13.6. The topological polar surface area (TPSA) is 63.8 Å². The summed E-state index contributed by atoms with van der Waals surface area (Å²) >= 11 is 1.60. The maximum Gasteiger partial charge on any atom is 0.247 e. The third-order valence-corrected chi connectivity index (χ3v) is 6.78. The van der Waals surface area contributed by atoms with Gasteiger partial charge in [-0.15, -0.1) is 23.7 Å². The second-order valence-electron chi connectivity index (χ2n) is 8.21. The van der Waals surface area contributed by atoms with Gasteiger partial charge in [-0.2, -0.15) is 0 Å². The molecular weight excluding hydrogens is 423 g/mol. The Kier molecular flexibility index (Phi) is 5.55. The number of aromatic nitrogens is 3. The number of hydrogen-bond donors (Lipinski definition) is 1. The maximum atomic E-state index is 15.0. The normalized spacial score (nSPS) is 21.8. The number of oxazole rings is 1. The van der Waals surface area contributed by atoms with Crippen LogP contribution in [-0.4, -0.2) is 27.0 Å². The van der Waals surface area contributed by atoms with Gasteiger partial charge in [0.2, 0.25) is 5.71 Å². The molecule has 0 spiro atoms. The Morgan fingerprint density at radius 1 is 1.03 bits per heavy atom. The van der Waals surface area contributed by atoms with Gasteiger partial charge in [0.1, 0.15) is 11.0 Å². The van der Waals surface area contributed by atoms with Gasteiger partial charge in [0, 0.05) is 30.5 Å². The molecule has 4 heterocycles. The molecule has 1 aliphatic rings. The molecule has 1 fully saturated rings. The molecule has 5 nitrogen and oxygen atoms in total. The molecule has 1 N–H and O–H groups in total. The molecule has 0 radical (unpaired) electrons. The lowest BCUT2D eigenvalue weighted by atomic mass is 9.89. The van der Waals surface area contributed by atoms with E-state index in [-0.39, 0.29) is 18.2 Å². The Bertz CT molecular complexity index is 1230. The number of nitrogens with one attached hydrogen (secondary N) is 1. The highest BCUT2D eigenvalue weighted by molar-refractivity contribution is 7.18. The van der Waals surface area contributed by atoms with Gasteiger partial charge in [-0.1, -0.05) is 0 Å². The third kappa shape index (κ3) is 3.70. The van der Waals surface area contributed by atoms with E-state index in [2.05, 4.69) is 34.1 Å². The molecule has 8 heteroatoms. The average Bonchev–Trinajstić information content (AvgIpc) is 3.24. The first kappa shape index (κ1) is 21.2. The number of aryl methyl sites for hydroxylation is 2. The summed E-state index contributed by atoms with van der Waals surface area (Å²) in [6.45, 7) is 8.16. The first-order valence-corrected chi connectivity index (χ1v) is 10.8. The average molecular weight is 447 g/mol. The van der Waals surface area contributed by atoms with Crippen LogP contribution in [0.1, 0.15) is 49.1 Å². The van der Waals surface area contributed by atoms with Gasteiger partial charge in [-0.05, 0) is 57.4 Å². The van der Waals surface area contributed by atoms with E-state index >= 15 is 0 Å². The van der Waals surface area contributed by atoms with Crippen LogP contribution in [0.15, 0.2) is 22.6 Å². The second kappa shape index (κ2) is 7.87. The molecule has 5 rings (SSSR count). The minimum absolute atomic E-state index is 0. The molecule has 4 aromatic rings. The molecule has 30 heavy (non-hydrogen) atoms. The van der Waals surface area contributed by atoms with E-state index in [1.165, 1.54) is 6.07 Å². The van der Waals surface area contributed by atoms with Crippen molar-refractivity contribution in [3.63, 3.8) is 0 Å². The number of nitrogens with zero attached hydrogens (tertiary/aromatic N) is 3. The van der Waals surface area contributed by atoms with Crippen molar-refractivity contribution >= 4 is 45.2 Å². The van der Waals surface area contributed by atoms with Crippen molar-refractivity contribution in [1.82, 2.24) is 20.3 Å². The van der Waals surface area contributed by atoms with Crippen LogP contribution in [-0.2, 0) is 0 Å². The smallest absolute Gasteiger partial charge is 0.247 e. The highest BCUT2D eigenvalue weighted by atomic mass is 35.5. The summed E-state index contributed by atoms with van der Waals surface area (Å²) in [7, 11) is 0. The minimum atomic E-state index is -0.302. The fraction of sp³-hybridized carbons (Fsp3) is 0.409. The fourth-order valence-electron chi connectivity index (χ4n) is 4.41. The van der Waals surface area contributed by atoms with Gasteiger partial charge in [0.15, 0.2) is 11.7 Å². The monoisotopic (exact) mass is 446 g/mol. The largest absolute Gasteiger partial charge is 0.423 e. The number of pyridine rings is 1. The fourth-order valence-corrected chi connectivity index (χ4v) is 5.56. The molecular formula is C22H24ClFN4OS. The van der Waals surface area contributed by atoms with Gasteiger partial charge >= 0.3 is 0 Å². The number of piperidine rings is 1. The van der Waals surface area contributed by atoms with Crippen molar-refractivity contribution in [2.24, 2.45) is 0 Å². The summed E-state index contributed by atoms with van der Waals surface area (Å²) < 4.78 is 21.4. The SMILES string of the molecule is Cc1nc2c(C)cc(-c3cc(F)c4nc(C5C[C@@H](C)N[C@@H](C)C5)sc4c3)nc2o1.Cl. The standard InChI is InChI=1S/C22H23FN4OS.ClH/c1-10-5-17(26-21-19(10)25-13(4)28-21)14-8-16(23)20-18(9-14)29-22(27-20)15-6-11(2)24-12(3)7-15;/h5,8-9,11-12,15,24H,6-7H2,1-4H3;1H/t11-,12+,15?;. The van der Waals surface area contributed by atoms with E-state index < -0.39 is 0 Å². The van der Waals surface area contributed by atoms with E-state index in [1.54, 1.807) is 18.3 Å². The molecule has 1 aromatic carbocycles. The number of benzene rings is 1. The van der Waals surface area contributed by atoms with Crippen molar-refractivity contribution in [3.8, 4) is 11.3 Å². The molecule has 158 valence electrons. The molecule has 1 unspecified atom stereocenters. The molecule has 0 saturated carbocycles. The van der Waals surface area contributed by atoms with Crippen LogP contribution in [0.4, 0.5) is 4.39 Å². The first-order valence-electron chi connectivity index (χ1n) is 9.98. The molecule has 1 aliphatic heterocycles. The van der Waals surface area contributed by atoms with Crippen LogP contribution in [0.25, 0.3) is 32.7 Å². The van der Waals surface area contributed by atoms with Gasteiger partial charge < -0.3 is 9.73 Å². The van der Waals surface area contributed by atoms with E-state index in [1.807, 2.05) is 19.1 Å². The highest BCUT2D eigenvalue weighted by Crippen LogP contribution is 2.38. The number of rotatable bonds is 2. The number of halogens is 2. The number of fused-ring (bicyclic) bond motifs is 2. The van der Waals surface area contributed by atoms with Crippen molar-refractivity contribution < 1.29 is 8.81 Å². The molecule has 1 saturated heterocycles. The molecule has 3 atom stereocenters. The molecule has 0 bridgehead atoms. The van der Waals surface area contributed by atoms with Crippen LogP contribution in [0.2, 0.25) is 0 Å². The predicted octanol–water partition coefficient (Wildman–Crippen LogP) is 5.92. The van der Waals surface area contributed by atoms with E-state index in [0.717, 1.165) is 39.2 Å². The van der Waals surface area contributed by atoms with E-state index in [4.69, 9.17) is 4.42 Å². The number of thiazole rings is 1. The summed E-state index contributed by atoms with van der Waals surface area (Å²) in [5.41, 5.74) is 4.08.